The van der Waals surface area contributed by atoms with Gasteiger partial charge in [0.25, 0.3) is 5.91 Å². The largest absolute Gasteiger partial charge is 0.573 e. The van der Waals surface area contributed by atoms with Gasteiger partial charge >= 0.3 is 6.36 Å². The van der Waals surface area contributed by atoms with Crippen LogP contribution < -0.4 is 15.0 Å². The van der Waals surface area contributed by atoms with Crippen molar-refractivity contribution in [2.75, 3.05) is 18.0 Å². The van der Waals surface area contributed by atoms with Gasteiger partial charge in [0, 0.05) is 49.3 Å². The van der Waals surface area contributed by atoms with E-state index in [2.05, 4.69) is 19.9 Å². The van der Waals surface area contributed by atoms with Gasteiger partial charge in [-0.3, -0.25) is 4.79 Å². The van der Waals surface area contributed by atoms with Crippen LogP contribution in [0.3, 0.4) is 0 Å². The van der Waals surface area contributed by atoms with E-state index in [1.54, 1.807) is 24.4 Å². The number of nitrogens with zero attached hydrogens (tertiary/aromatic N) is 4. The van der Waals surface area contributed by atoms with Crippen LogP contribution in [0.5, 0.6) is 5.75 Å². The normalized spacial score (nSPS) is 14.4. The summed E-state index contributed by atoms with van der Waals surface area (Å²) in [5, 5.41) is 5.27. The minimum atomic E-state index is -4.69. The first-order valence-corrected chi connectivity index (χ1v) is 14.9. The Hall–Kier alpha value is -4.31. The highest BCUT2D eigenvalue weighted by molar-refractivity contribution is 6.31. The first-order chi connectivity index (χ1) is 21.1. The molecule has 2 aromatic carbocycles. The standard InChI is InChI=1S/C33H31ClF3N5O2/c1-3-28-30(26-17-24(34)19-38-31(26)41(28)2)32(43)39-18-20-4-10-27-23(16-20)7-11-29(40-27)42-14-12-22(13-15-42)21-5-8-25(9-6-21)44-33(35,36)37/h4-11,16-17,19,22H,3,12-15,18H2,1-2H3,(H,39,43). The van der Waals surface area contributed by atoms with Gasteiger partial charge in [-0.2, -0.15) is 0 Å². The van der Waals surface area contributed by atoms with E-state index in [4.69, 9.17) is 16.6 Å². The Labute approximate surface area is 257 Å². The summed E-state index contributed by atoms with van der Waals surface area (Å²) in [6.07, 6.45) is -0.678. The lowest BCUT2D eigenvalue weighted by atomic mass is 9.89. The molecule has 3 aromatic heterocycles. The number of carbonyl (C=O) groups is 1. The number of piperidine rings is 1. The van der Waals surface area contributed by atoms with Crippen LogP contribution in [0.1, 0.15) is 52.9 Å². The lowest BCUT2D eigenvalue weighted by molar-refractivity contribution is -0.274. The average molecular weight is 622 g/mol. The van der Waals surface area contributed by atoms with E-state index in [-0.39, 0.29) is 17.6 Å². The molecule has 1 amide bonds. The molecule has 1 aliphatic rings. The van der Waals surface area contributed by atoms with Gasteiger partial charge in [-0.15, -0.1) is 13.2 Å². The van der Waals surface area contributed by atoms with Crippen molar-refractivity contribution >= 4 is 45.3 Å². The number of ether oxygens (including phenoxy) is 1. The Morgan fingerprint density at radius 2 is 1.82 bits per heavy atom. The van der Waals surface area contributed by atoms with Crippen molar-refractivity contribution in [3.05, 3.63) is 94.3 Å². The second-order valence-electron chi connectivity index (χ2n) is 11.0. The number of amides is 1. The maximum absolute atomic E-state index is 13.3. The monoisotopic (exact) mass is 621 g/mol. The molecule has 1 fully saturated rings. The fourth-order valence-corrected chi connectivity index (χ4v) is 6.26. The maximum atomic E-state index is 13.3. The van der Waals surface area contributed by atoms with Crippen LogP contribution in [0.25, 0.3) is 21.9 Å². The molecule has 1 aliphatic heterocycles. The van der Waals surface area contributed by atoms with E-state index in [0.717, 1.165) is 70.5 Å². The molecule has 6 rings (SSSR count). The average Bonchev–Trinajstić information content (AvgIpc) is 3.29. The molecule has 0 spiro atoms. The Kier molecular flexibility index (Phi) is 8.11. The minimum absolute atomic E-state index is 0.168. The minimum Gasteiger partial charge on any atom is -0.406 e. The third-order valence-electron chi connectivity index (χ3n) is 8.27. The summed E-state index contributed by atoms with van der Waals surface area (Å²) in [7, 11) is 1.91. The highest BCUT2D eigenvalue weighted by Gasteiger charge is 2.31. The van der Waals surface area contributed by atoms with Crippen LogP contribution in [-0.2, 0) is 20.0 Å². The third-order valence-corrected chi connectivity index (χ3v) is 8.48. The highest BCUT2D eigenvalue weighted by Crippen LogP contribution is 2.33. The van der Waals surface area contributed by atoms with Crippen LogP contribution in [0.15, 0.2) is 66.9 Å². The number of aromatic nitrogens is 3. The predicted octanol–water partition coefficient (Wildman–Crippen LogP) is 7.55. The Balaban J connectivity index is 1.09. The number of aryl methyl sites for hydroxylation is 1. The summed E-state index contributed by atoms with van der Waals surface area (Å²) in [6.45, 7) is 3.96. The number of anilines is 1. The van der Waals surface area contributed by atoms with Gasteiger partial charge in [-0.1, -0.05) is 36.7 Å². The van der Waals surface area contributed by atoms with E-state index >= 15 is 0 Å². The van der Waals surface area contributed by atoms with E-state index < -0.39 is 6.36 Å². The fourth-order valence-electron chi connectivity index (χ4n) is 6.11. The Morgan fingerprint density at radius 1 is 1.07 bits per heavy atom. The number of carbonyl (C=O) groups excluding carboxylic acids is 1. The molecule has 0 saturated carbocycles. The lowest BCUT2D eigenvalue weighted by Gasteiger charge is -2.33. The predicted molar refractivity (Wildman–Crippen MR) is 165 cm³/mol. The summed E-state index contributed by atoms with van der Waals surface area (Å²) in [6, 6.07) is 18.0. The van der Waals surface area contributed by atoms with Crippen LogP contribution in [0.4, 0.5) is 19.0 Å². The van der Waals surface area contributed by atoms with Gasteiger partial charge in [-0.05, 0) is 78.8 Å². The molecule has 0 atom stereocenters. The third kappa shape index (κ3) is 6.17. The molecule has 4 heterocycles. The number of fused-ring (bicyclic) bond motifs is 2. The summed E-state index contributed by atoms with van der Waals surface area (Å²) >= 11 is 6.20. The zero-order chi connectivity index (χ0) is 31.0. The number of hydrogen-bond acceptors (Lipinski definition) is 5. The second-order valence-corrected chi connectivity index (χ2v) is 11.5. The van der Waals surface area contributed by atoms with Crippen LogP contribution in [0, 0.1) is 0 Å². The molecule has 11 heteroatoms. The lowest BCUT2D eigenvalue weighted by Crippen LogP contribution is -2.33. The molecule has 5 aromatic rings. The van der Waals surface area contributed by atoms with Crippen molar-refractivity contribution in [1.82, 2.24) is 19.9 Å². The maximum Gasteiger partial charge on any atom is 0.573 e. The van der Waals surface area contributed by atoms with Crippen molar-refractivity contribution in [1.29, 1.82) is 0 Å². The number of halogens is 4. The summed E-state index contributed by atoms with van der Waals surface area (Å²) in [4.78, 5) is 24.9. The molecule has 1 saturated heterocycles. The number of alkyl halides is 3. The highest BCUT2D eigenvalue weighted by atomic mass is 35.5. The number of hydrogen-bond donors (Lipinski definition) is 1. The van der Waals surface area contributed by atoms with Crippen LogP contribution in [0.2, 0.25) is 5.02 Å². The van der Waals surface area contributed by atoms with Crippen LogP contribution in [-0.4, -0.2) is 39.9 Å². The van der Waals surface area contributed by atoms with Gasteiger partial charge in [0.05, 0.1) is 16.1 Å². The van der Waals surface area contributed by atoms with Crippen LogP contribution >= 0.6 is 11.6 Å². The van der Waals surface area contributed by atoms with Crippen molar-refractivity contribution in [2.24, 2.45) is 7.05 Å². The Morgan fingerprint density at radius 3 is 2.52 bits per heavy atom. The second kappa shape index (κ2) is 12.0. The first kappa shape index (κ1) is 29.7. The zero-order valence-electron chi connectivity index (χ0n) is 24.3. The van der Waals surface area contributed by atoms with E-state index in [9.17, 15) is 18.0 Å². The Bertz CT molecular complexity index is 1830. The molecule has 44 heavy (non-hydrogen) atoms. The van der Waals surface area contributed by atoms with Gasteiger partial charge in [0.1, 0.15) is 17.2 Å². The molecule has 0 bridgehead atoms. The fraction of sp³-hybridized carbons (Fsp3) is 0.303. The van der Waals surface area contributed by atoms with Gasteiger partial charge in [0.2, 0.25) is 0 Å². The molecular weight excluding hydrogens is 591 g/mol. The molecule has 0 unspecified atom stereocenters. The van der Waals surface area contributed by atoms with E-state index in [1.165, 1.54) is 12.1 Å². The van der Waals surface area contributed by atoms with E-state index in [0.29, 0.717) is 23.6 Å². The molecule has 1 N–H and O–H groups in total. The SMILES string of the molecule is CCc1c(C(=O)NCc2ccc3nc(N4CCC(c5ccc(OC(F)(F)F)cc5)CC4)ccc3c2)c2cc(Cl)cnc2n1C. The van der Waals surface area contributed by atoms with Crippen molar-refractivity contribution < 1.29 is 22.7 Å². The number of benzene rings is 2. The molecule has 7 nitrogen and oxygen atoms in total. The van der Waals surface area contributed by atoms with Crippen molar-refractivity contribution in [3.8, 4) is 5.75 Å². The molecular formula is C33H31ClF3N5O2. The summed E-state index contributed by atoms with van der Waals surface area (Å²) in [5.74, 6) is 0.781. The molecule has 0 aliphatic carbocycles. The smallest absolute Gasteiger partial charge is 0.406 e. The number of rotatable bonds is 7. The van der Waals surface area contributed by atoms with Gasteiger partial charge < -0.3 is 19.5 Å². The quantitative estimate of drug-likeness (QED) is 0.203. The van der Waals surface area contributed by atoms with E-state index in [1.807, 2.05) is 48.9 Å². The first-order valence-electron chi connectivity index (χ1n) is 14.5. The topological polar surface area (TPSA) is 72.3 Å². The number of nitrogens with one attached hydrogen (secondary N) is 1. The molecule has 228 valence electrons. The number of pyridine rings is 2. The molecule has 0 radical (unpaired) electrons. The van der Waals surface area contributed by atoms with Gasteiger partial charge in [-0.25, -0.2) is 9.97 Å². The van der Waals surface area contributed by atoms with Crippen molar-refractivity contribution in [3.63, 3.8) is 0 Å². The summed E-state index contributed by atoms with van der Waals surface area (Å²) in [5.41, 5.74) is 5.06. The summed E-state index contributed by atoms with van der Waals surface area (Å²) < 4.78 is 43.3. The van der Waals surface area contributed by atoms with Gasteiger partial charge in [0.15, 0.2) is 0 Å². The zero-order valence-corrected chi connectivity index (χ0v) is 25.0. The van der Waals surface area contributed by atoms with Crippen molar-refractivity contribution in [2.45, 2.75) is 45.0 Å².